The standard InChI is InChI=1S/C15H23NO3/c1-15(2,19)8-9-16(3)14(18)10-12-4-6-13(11-17)7-5-12/h4-7,17,19H,8-11H2,1-3H3. The predicted molar refractivity (Wildman–Crippen MR) is 74.6 cm³/mol. The van der Waals surface area contributed by atoms with Crippen LogP contribution in [0.1, 0.15) is 31.4 Å². The summed E-state index contributed by atoms with van der Waals surface area (Å²) in [6.45, 7) is 4.02. The summed E-state index contributed by atoms with van der Waals surface area (Å²) in [6.07, 6.45) is 0.896. The third kappa shape index (κ3) is 5.85. The van der Waals surface area contributed by atoms with Gasteiger partial charge < -0.3 is 15.1 Å². The third-order valence-corrected chi connectivity index (χ3v) is 3.05. The van der Waals surface area contributed by atoms with E-state index in [-0.39, 0.29) is 12.5 Å². The zero-order valence-electron chi connectivity index (χ0n) is 11.9. The molecular weight excluding hydrogens is 242 g/mol. The fourth-order valence-corrected chi connectivity index (χ4v) is 1.64. The van der Waals surface area contributed by atoms with Crippen molar-refractivity contribution in [2.45, 2.75) is 38.9 Å². The van der Waals surface area contributed by atoms with E-state index >= 15 is 0 Å². The van der Waals surface area contributed by atoms with Gasteiger partial charge >= 0.3 is 0 Å². The minimum absolute atomic E-state index is 0.0136. The van der Waals surface area contributed by atoms with Crippen molar-refractivity contribution in [3.63, 3.8) is 0 Å². The Morgan fingerprint density at radius 1 is 1.21 bits per heavy atom. The molecule has 0 unspecified atom stereocenters. The van der Waals surface area contributed by atoms with E-state index in [1.165, 1.54) is 0 Å². The molecule has 0 radical (unpaired) electrons. The number of aliphatic hydroxyl groups is 2. The second-order valence-electron chi connectivity index (χ2n) is 5.53. The van der Waals surface area contributed by atoms with Crippen LogP contribution in [0.15, 0.2) is 24.3 Å². The Morgan fingerprint density at radius 3 is 2.21 bits per heavy atom. The topological polar surface area (TPSA) is 60.8 Å². The van der Waals surface area contributed by atoms with E-state index in [0.717, 1.165) is 11.1 Å². The first-order valence-electron chi connectivity index (χ1n) is 6.47. The van der Waals surface area contributed by atoms with Gasteiger partial charge in [0.15, 0.2) is 0 Å². The Bertz CT molecular complexity index is 406. The zero-order valence-corrected chi connectivity index (χ0v) is 11.9. The monoisotopic (exact) mass is 265 g/mol. The fourth-order valence-electron chi connectivity index (χ4n) is 1.64. The molecule has 4 nitrogen and oxygen atoms in total. The zero-order chi connectivity index (χ0) is 14.5. The number of amides is 1. The van der Waals surface area contributed by atoms with E-state index < -0.39 is 5.60 Å². The fraction of sp³-hybridized carbons (Fsp3) is 0.533. The van der Waals surface area contributed by atoms with E-state index in [4.69, 9.17) is 5.11 Å². The van der Waals surface area contributed by atoms with Gasteiger partial charge in [0, 0.05) is 13.6 Å². The van der Waals surface area contributed by atoms with E-state index in [1.54, 1.807) is 25.8 Å². The van der Waals surface area contributed by atoms with E-state index in [1.807, 2.05) is 24.3 Å². The van der Waals surface area contributed by atoms with Gasteiger partial charge in [0.1, 0.15) is 0 Å². The number of aliphatic hydroxyl groups excluding tert-OH is 1. The van der Waals surface area contributed by atoms with Gasteiger partial charge in [-0.25, -0.2) is 0 Å². The average Bonchev–Trinajstić information content (AvgIpc) is 2.36. The Labute approximate surface area is 114 Å². The maximum atomic E-state index is 12.0. The predicted octanol–water partition coefficient (Wildman–Crippen LogP) is 1.34. The lowest BCUT2D eigenvalue weighted by Gasteiger charge is -2.23. The quantitative estimate of drug-likeness (QED) is 0.816. The molecule has 0 aliphatic carbocycles. The van der Waals surface area contributed by atoms with Crippen molar-refractivity contribution in [1.82, 2.24) is 4.90 Å². The summed E-state index contributed by atoms with van der Waals surface area (Å²) in [5, 5.41) is 18.6. The molecule has 0 heterocycles. The van der Waals surface area contributed by atoms with Crippen LogP contribution in [0.4, 0.5) is 0 Å². The third-order valence-electron chi connectivity index (χ3n) is 3.05. The maximum Gasteiger partial charge on any atom is 0.226 e. The summed E-state index contributed by atoms with van der Waals surface area (Å²) in [4.78, 5) is 13.6. The molecule has 19 heavy (non-hydrogen) atoms. The summed E-state index contributed by atoms with van der Waals surface area (Å²) >= 11 is 0. The van der Waals surface area contributed by atoms with Gasteiger partial charge in [-0.05, 0) is 31.4 Å². The molecule has 1 rings (SSSR count). The number of rotatable bonds is 6. The van der Waals surface area contributed by atoms with Crippen LogP contribution in [0.25, 0.3) is 0 Å². The Kier molecular flexibility index (Phi) is 5.51. The summed E-state index contributed by atoms with van der Waals surface area (Å²) < 4.78 is 0. The smallest absolute Gasteiger partial charge is 0.226 e. The number of hydrogen-bond acceptors (Lipinski definition) is 3. The Balaban J connectivity index is 2.49. The lowest BCUT2D eigenvalue weighted by atomic mass is 10.1. The van der Waals surface area contributed by atoms with Crippen molar-refractivity contribution in [3.8, 4) is 0 Å². The molecule has 4 heteroatoms. The molecule has 0 saturated heterocycles. The van der Waals surface area contributed by atoms with Crippen molar-refractivity contribution in [2.75, 3.05) is 13.6 Å². The van der Waals surface area contributed by atoms with E-state index in [9.17, 15) is 9.90 Å². The summed E-state index contributed by atoms with van der Waals surface area (Å²) in [5.74, 6) is 0.0287. The molecule has 0 atom stereocenters. The lowest BCUT2D eigenvalue weighted by molar-refractivity contribution is -0.129. The Hall–Kier alpha value is -1.39. The molecule has 1 amide bonds. The SMILES string of the molecule is CN(CCC(C)(C)O)C(=O)Cc1ccc(CO)cc1. The highest BCUT2D eigenvalue weighted by Gasteiger charge is 2.16. The van der Waals surface area contributed by atoms with Crippen LogP contribution in [0.2, 0.25) is 0 Å². The van der Waals surface area contributed by atoms with Gasteiger partial charge in [-0.1, -0.05) is 24.3 Å². The number of carbonyl (C=O) groups excluding carboxylic acids is 1. The first-order valence-corrected chi connectivity index (χ1v) is 6.47. The van der Waals surface area contributed by atoms with Crippen LogP contribution in [-0.4, -0.2) is 40.2 Å². The number of hydrogen-bond donors (Lipinski definition) is 2. The Morgan fingerprint density at radius 2 is 1.74 bits per heavy atom. The highest BCUT2D eigenvalue weighted by Crippen LogP contribution is 2.10. The molecule has 1 aromatic rings. The molecule has 0 fully saturated rings. The molecule has 0 aromatic heterocycles. The maximum absolute atomic E-state index is 12.0. The second kappa shape index (κ2) is 6.68. The average molecular weight is 265 g/mol. The molecule has 0 bridgehead atoms. The second-order valence-corrected chi connectivity index (χ2v) is 5.53. The minimum atomic E-state index is -0.753. The van der Waals surface area contributed by atoms with Gasteiger partial charge in [0.05, 0.1) is 18.6 Å². The number of carbonyl (C=O) groups is 1. The molecule has 0 spiro atoms. The van der Waals surface area contributed by atoms with E-state index in [0.29, 0.717) is 19.4 Å². The highest BCUT2D eigenvalue weighted by atomic mass is 16.3. The van der Waals surface area contributed by atoms with Gasteiger partial charge in [0.2, 0.25) is 5.91 Å². The van der Waals surface area contributed by atoms with E-state index in [2.05, 4.69) is 0 Å². The summed E-state index contributed by atoms with van der Waals surface area (Å²) in [6, 6.07) is 7.35. The minimum Gasteiger partial charge on any atom is -0.392 e. The van der Waals surface area contributed by atoms with Crippen molar-refractivity contribution in [3.05, 3.63) is 35.4 Å². The lowest BCUT2D eigenvalue weighted by Crippen LogP contribution is -2.33. The van der Waals surface area contributed by atoms with Crippen LogP contribution in [-0.2, 0) is 17.8 Å². The van der Waals surface area contributed by atoms with Crippen LogP contribution >= 0.6 is 0 Å². The number of nitrogens with zero attached hydrogens (tertiary/aromatic N) is 1. The summed E-state index contributed by atoms with van der Waals surface area (Å²) in [7, 11) is 1.75. The normalized spacial score (nSPS) is 11.4. The molecule has 2 N–H and O–H groups in total. The highest BCUT2D eigenvalue weighted by molar-refractivity contribution is 5.78. The number of benzene rings is 1. The van der Waals surface area contributed by atoms with Crippen LogP contribution < -0.4 is 0 Å². The van der Waals surface area contributed by atoms with Crippen molar-refractivity contribution in [2.24, 2.45) is 0 Å². The molecular formula is C15H23NO3. The van der Waals surface area contributed by atoms with Crippen molar-refractivity contribution in [1.29, 1.82) is 0 Å². The van der Waals surface area contributed by atoms with Gasteiger partial charge in [-0.2, -0.15) is 0 Å². The van der Waals surface area contributed by atoms with Gasteiger partial charge in [0.25, 0.3) is 0 Å². The van der Waals surface area contributed by atoms with Crippen LogP contribution in [0, 0.1) is 0 Å². The van der Waals surface area contributed by atoms with Crippen LogP contribution in [0.3, 0.4) is 0 Å². The van der Waals surface area contributed by atoms with Gasteiger partial charge in [-0.15, -0.1) is 0 Å². The molecule has 0 saturated carbocycles. The largest absolute Gasteiger partial charge is 0.392 e. The van der Waals surface area contributed by atoms with Crippen molar-refractivity contribution >= 4 is 5.91 Å². The summed E-state index contributed by atoms with van der Waals surface area (Å²) in [5.41, 5.74) is 1.01. The molecule has 0 aliphatic rings. The van der Waals surface area contributed by atoms with Gasteiger partial charge in [-0.3, -0.25) is 4.79 Å². The van der Waals surface area contributed by atoms with Crippen LogP contribution in [0.5, 0.6) is 0 Å². The molecule has 1 aromatic carbocycles. The molecule has 106 valence electrons. The van der Waals surface area contributed by atoms with Crippen molar-refractivity contribution < 1.29 is 15.0 Å². The first-order chi connectivity index (χ1) is 8.81. The number of likely N-dealkylation sites (N-methyl/N-ethyl adjacent to an activating group) is 1. The molecule has 0 aliphatic heterocycles. The first kappa shape index (κ1) is 15.7.